The van der Waals surface area contributed by atoms with Crippen LogP contribution in [0.2, 0.25) is 0 Å². The number of aromatic nitrogens is 1. The fourth-order valence-corrected chi connectivity index (χ4v) is 2.53. The van der Waals surface area contributed by atoms with E-state index in [9.17, 15) is 4.79 Å². The largest absolute Gasteiger partial charge is 0.439 e. The molecule has 0 spiro atoms. The minimum Gasteiger partial charge on any atom is -0.439 e. The van der Waals surface area contributed by atoms with E-state index >= 15 is 0 Å². The molecule has 5 heteroatoms. The van der Waals surface area contributed by atoms with Gasteiger partial charge in [-0.1, -0.05) is 6.08 Å². The number of carbonyl (C=O) groups excluding carboxylic acids is 1. The molecule has 0 fully saturated rings. The number of hydrogen-bond acceptors (Lipinski definition) is 3. The highest BCUT2D eigenvalue weighted by Crippen LogP contribution is 2.27. The second-order valence-electron chi connectivity index (χ2n) is 5.18. The summed E-state index contributed by atoms with van der Waals surface area (Å²) in [6.45, 7) is 11.8. The van der Waals surface area contributed by atoms with Gasteiger partial charge in [0.15, 0.2) is 0 Å². The first-order chi connectivity index (χ1) is 11.2. The molecule has 1 aromatic heterocycles. The van der Waals surface area contributed by atoms with E-state index in [2.05, 4.69) is 16.4 Å². The Bertz CT molecular complexity index is 791. The number of amides is 1. The summed E-state index contributed by atoms with van der Waals surface area (Å²) in [5.41, 5.74) is 2.16. The van der Waals surface area contributed by atoms with E-state index in [4.69, 9.17) is 11.3 Å². The Morgan fingerprint density at radius 1 is 1.39 bits per heavy atom. The van der Waals surface area contributed by atoms with E-state index in [0.717, 1.165) is 12.0 Å². The standard InChI is InChI=1S/C18H15N3O2/c1-3-9-21-10-8-13-11-15(5-6-16(13)18(21)22)23-17-7-4-14(19-2)12-20-17/h3-7,11-12H,1,8-10H2. The van der Waals surface area contributed by atoms with Gasteiger partial charge in [0.05, 0.1) is 6.57 Å². The molecule has 23 heavy (non-hydrogen) atoms. The number of fused-ring (bicyclic) bond motifs is 1. The zero-order chi connectivity index (χ0) is 16.2. The second-order valence-corrected chi connectivity index (χ2v) is 5.18. The average Bonchev–Trinajstić information content (AvgIpc) is 2.58. The zero-order valence-corrected chi connectivity index (χ0v) is 12.5. The maximum Gasteiger partial charge on any atom is 0.254 e. The number of carbonyl (C=O) groups is 1. The molecular formula is C18H15N3O2. The van der Waals surface area contributed by atoms with Crippen LogP contribution in [0.15, 0.2) is 49.2 Å². The van der Waals surface area contributed by atoms with E-state index in [1.54, 1.807) is 35.2 Å². The Balaban J connectivity index is 1.80. The van der Waals surface area contributed by atoms with E-state index in [0.29, 0.717) is 36.0 Å². The highest BCUT2D eigenvalue weighted by atomic mass is 16.5. The van der Waals surface area contributed by atoms with Crippen molar-refractivity contribution < 1.29 is 9.53 Å². The van der Waals surface area contributed by atoms with Gasteiger partial charge in [-0.25, -0.2) is 9.83 Å². The van der Waals surface area contributed by atoms with Crippen LogP contribution in [0, 0.1) is 6.57 Å². The molecule has 0 unspecified atom stereocenters. The lowest BCUT2D eigenvalue weighted by atomic mass is 9.98. The summed E-state index contributed by atoms with van der Waals surface area (Å²) >= 11 is 0. The lowest BCUT2D eigenvalue weighted by Crippen LogP contribution is -2.37. The van der Waals surface area contributed by atoms with E-state index in [-0.39, 0.29) is 5.91 Å². The normalized spacial score (nSPS) is 13.2. The van der Waals surface area contributed by atoms with Crippen molar-refractivity contribution in [2.24, 2.45) is 0 Å². The van der Waals surface area contributed by atoms with E-state index < -0.39 is 0 Å². The van der Waals surface area contributed by atoms with Crippen LogP contribution < -0.4 is 4.74 Å². The lowest BCUT2D eigenvalue weighted by molar-refractivity contribution is 0.0759. The lowest BCUT2D eigenvalue weighted by Gasteiger charge is -2.27. The van der Waals surface area contributed by atoms with E-state index in [1.807, 2.05) is 6.07 Å². The summed E-state index contributed by atoms with van der Waals surface area (Å²) in [6.07, 6.45) is 3.99. The number of rotatable bonds is 4. The molecule has 1 aliphatic rings. The maximum absolute atomic E-state index is 12.3. The van der Waals surface area contributed by atoms with Crippen LogP contribution in [-0.4, -0.2) is 28.9 Å². The third kappa shape index (κ3) is 3.06. The van der Waals surface area contributed by atoms with Crippen LogP contribution in [0.25, 0.3) is 4.85 Å². The topological polar surface area (TPSA) is 46.8 Å². The summed E-state index contributed by atoms with van der Waals surface area (Å²) in [7, 11) is 0. The van der Waals surface area contributed by atoms with E-state index in [1.165, 1.54) is 6.20 Å². The highest BCUT2D eigenvalue weighted by Gasteiger charge is 2.23. The first kappa shape index (κ1) is 14.8. The fourth-order valence-electron chi connectivity index (χ4n) is 2.53. The molecule has 0 bridgehead atoms. The minimum absolute atomic E-state index is 0.0252. The van der Waals surface area contributed by atoms with Gasteiger partial charge in [0.25, 0.3) is 5.91 Å². The van der Waals surface area contributed by atoms with Crippen molar-refractivity contribution in [1.29, 1.82) is 0 Å². The molecule has 0 aliphatic carbocycles. The number of nitrogens with zero attached hydrogens (tertiary/aromatic N) is 3. The van der Waals surface area contributed by atoms with Gasteiger partial charge in [-0.15, -0.1) is 6.58 Å². The first-order valence-corrected chi connectivity index (χ1v) is 7.25. The molecule has 0 N–H and O–H groups in total. The third-order valence-electron chi connectivity index (χ3n) is 3.67. The van der Waals surface area contributed by atoms with Crippen molar-refractivity contribution in [2.75, 3.05) is 13.1 Å². The molecule has 1 aromatic carbocycles. The summed E-state index contributed by atoms with van der Waals surface area (Å²) < 4.78 is 5.70. The average molecular weight is 305 g/mol. The Morgan fingerprint density at radius 3 is 2.96 bits per heavy atom. The predicted molar refractivity (Wildman–Crippen MR) is 86.8 cm³/mol. The van der Waals surface area contributed by atoms with Gasteiger partial charge in [-0.2, -0.15) is 0 Å². The molecule has 0 atom stereocenters. The molecule has 0 saturated carbocycles. The summed E-state index contributed by atoms with van der Waals surface area (Å²) in [5, 5.41) is 0. The van der Waals surface area contributed by atoms with Crippen molar-refractivity contribution in [2.45, 2.75) is 6.42 Å². The summed E-state index contributed by atoms with van der Waals surface area (Å²) in [5.74, 6) is 1.08. The molecule has 0 radical (unpaired) electrons. The van der Waals surface area contributed by atoms with Gasteiger partial charge >= 0.3 is 0 Å². The van der Waals surface area contributed by atoms with Crippen molar-refractivity contribution in [3.05, 3.63) is 71.7 Å². The van der Waals surface area contributed by atoms with Crippen LogP contribution in [0.5, 0.6) is 11.6 Å². The molecule has 1 aliphatic heterocycles. The molecule has 5 nitrogen and oxygen atoms in total. The number of hydrogen-bond donors (Lipinski definition) is 0. The van der Waals surface area contributed by atoms with Crippen LogP contribution in [-0.2, 0) is 6.42 Å². The summed E-state index contributed by atoms with van der Waals surface area (Å²) in [4.78, 5) is 21.5. The molecule has 1 amide bonds. The second kappa shape index (κ2) is 6.32. The van der Waals surface area contributed by atoms with Gasteiger partial charge in [0.1, 0.15) is 5.75 Å². The zero-order valence-electron chi connectivity index (χ0n) is 12.5. The molecule has 3 rings (SSSR count). The molecule has 2 heterocycles. The number of pyridine rings is 1. The predicted octanol–water partition coefficient (Wildman–Crippen LogP) is 3.61. The SMILES string of the molecule is [C-]#[N+]c1ccc(Oc2ccc3c(c2)CCN(CC=C)C3=O)nc1. The van der Waals surface area contributed by atoms with Gasteiger partial charge in [-0.3, -0.25) is 4.79 Å². The third-order valence-corrected chi connectivity index (χ3v) is 3.67. The Hall–Kier alpha value is -3.13. The molecule has 0 saturated heterocycles. The maximum atomic E-state index is 12.3. The van der Waals surface area contributed by atoms with Gasteiger partial charge < -0.3 is 9.64 Å². The van der Waals surface area contributed by atoms with Crippen molar-refractivity contribution >= 4 is 11.6 Å². The first-order valence-electron chi connectivity index (χ1n) is 7.25. The number of ether oxygens (including phenoxy) is 1. The van der Waals surface area contributed by atoms with Crippen molar-refractivity contribution in [3.8, 4) is 11.6 Å². The summed E-state index contributed by atoms with van der Waals surface area (Å²) in [6, 6.07) is 8.74. The van der Waals surface area contributed by atoms with Crippen LogP contribution in [0.4, 0.5) is 5.69 Å². The Morgan fingerprint density at radius 2 is 2.26 bits per heavy atom. The van der Waals surface area contributed by atoms with Crippen molar-refractivity contribution in [3.63, 3.8) is 0 Å². The molecule has 114 valence electrons. The molecular weight excluding hydrogens is 290 g/mol. The van der Waals surface area contributed by atoms with Gasteiger partial charge in [0.2, 0.25) is 11.6 Å². The van der Waals surface area contributed by atoms with Crippen LogP contribution in [0.1, 0.15) is 15.9 Å². The Kier molecular flexibility index (Phi) is 4.07. The molecule has 2 aromatic rings. The van der Waals surface area contributed by atoms with Gasteiger partial charge in [0, 0.05) is 24.8 Å². The fraction of sp³-hybridized carbons (Fsp3) is 0.167. The quantitative estimate of drug-likeness (QED) is 0.640. The smallest absolute Gasteiger partial charge is 0.254 e. The monoisotopic (exact) mass is 305 g/mol. The highest BCUT2D eigenvalue weighted by molar-refractivity contribution is 5.97. The van der Waals surface area contributed by atoms with Crippen LogP contribution >= 0.6 is 0 Å². The Labute approximate surface area is 134 Å². The van der Waals surface area contributed by atoms with Crippen molar-refractivity contribution in [1.82, 2.24) is 9.88 Å². The van der Waals surface area contributed by atoms with Crippen LogP contribution in [0.3, 0.4) is 0 Å². The minimum atomic E-state index is 0.0252. The number of benzene rings is 1. The van der Waals surface area contributed by atoms with Gasteiger partial charge in [-0.05, 0) is 42.3 Å².